The van der Waals surface area contributed by atoms with E-state index < -0.39 is 54.3 Å². The molecule has 160 valence electrons. The Labute approximate surface area is 168 Å². The minimum Gasteiger partial charge on any atom is -0.480 e. The fourth-order valence-electron chi connectivity index (χ4n) is 2.13. The maximum Gasteiger partial charge on any atom is 0.322 e. The van der Waals surface area contributed by atoms with Gasteiger partial charge in [-0.3, -0.25) is 24.0 Å². The summed E-state index contributed by atoms with van der Waals surface area (Å²) in [4.78, 5) is 58.2. The molecule has 0 radical (unpaired) electrons. The molecule has 28 heavy (non-hydrogen) atoms. The van der Waals surface area contributed by atoms with Crippen LogP contribution in [0.25, 0.3) is 0 Å². The first-order valence-corrected chi connectivity index (χ1v) is 9.41. The average molecular weight is 420 g/mol. The summed E-state index contributed by atoms with van der Waals surface area (Å²) in [5, 5.41) is 15.7. The number of thiol groups is 1. The van der Waals surface area contributed by atoms with Crippen LogP contribution in [-0.2, 0) is 24.0 Å². The molecule has 0 saturated carbocycles. The van der Waals surface area contributed by atoms with Gasteiger partial charge in [-0.15, -0.1) is 0 Å². The van der Waals surface area contributed by atoms with E-state index in [1.54, 1.807) is 6.92 Å². The molecule has 11 nitrogen and oxygen atoms in total. The van der Waals surface area contributed by atoms with Crippen molar-refractivity contribution in [2.24, 2.45) is 17.4 Å². The predicted molar refractivity (Wildman–Crippen MR) is 104 cm³/mol. The third-order valence-corrected chi connectivity index (χ3v) is 4.43. The number of carboxylic acids is 1. The van der Waals surface area contributed by atoms with E-state index in [2.05, 4.69) is 28.6 Å². The second-order valence-corrected chi connectivity index (χ2v) is 6.70. The zero-order valence-electron chi connectivity index (χ0n) is 15.9. The molecule has 0 aromatic carbocycles. The zero-order valence-corrected chi connectivity index (χ0v) is 16.8. The van der Waals surface area contributed by atoms with Gasteiger partial charge in [0, 0.05) is 12.2 Å². The Hall–Kier alpha value is -2.34. The second-order valence-electron chi connectivity index (χ2n) is 6.34. The first-order chi connectivity index (χ1) is 13.0. The van der Waals surface area contributed by atoms with Crippen molar-refractivity contribution in [3.8, 4) is 0 Å². The van der Waals surface area contributed by atoms with Crippen molar-refractivity contribution in [3.05, 3.63) is 0 Å². The van der Waals surface area contributed by atoms with E-state index >= 15 is 0 Å². The number of hydrogen-bond donors (Lipinski definition) is 7. The van der Waals surface area contributed by atoms with Crippen molar-refractivity contribution in [1.29, 1.82) is 0 Å². The average Bonchev–Trinajstić information content (AvgIpc) is 2.64. The lowest BCUT2D eigenvalue weighted by Gasteiger charge is -2.27. The molecule has 4 amide bonds. The summed E-state index contributed by atoms with van der Waals surface area (Å²) in [6, 6.07) is -3.08. The van der Waals surface area contributed by atoms with Crippen LogP contribution in [0.4, 0.5) is 0 Å². The molecule has 0 aliphatic carbocycles. The van der Waals surface area contributed by atoms with Crippen LogP contribution in [0.5, 0.6) is 0 Å². The van der Waals surface area contributed by atoms with Crippen molar-refractivity contribution in [1.82, 2.24) is 16.0 Å². The normalized spacial score (nSPS) is 14.9. The second kappa shape index (κ2) is 12.9. The van der Waals surface area contributed by atoms with Crippen molar-refractivity contribution < 1.29 is 29.1 Å². The Morgan fingerprint density at radius 1 is 1.07 bits per heavy atom. The Bertz CT molecular complexity index is 588. The van der Waals surface area contributed by atoms with Crippen LogP contribution in [0.15, 0.2) is 0 Å². The smallest absolute Gasteiger partial charge is 0.322 e. The minimum absolute atomic E-state index is 0.0346. The molecule has 4 atom stereocenters. The highest BCUT2D eigenvalue weighted by Gasteiger charge is 2.30. The molecule has 0 saturated heterocycles. The first kappa shape index (κ1) is 25.7. The highest BCUT2D eigenvalue weighted by atomic mass is 32.1. The molecule has 0 aliphatic heterocycles. The molecule has 0 spiro atoms. The summed E-state index contributed by atoms with van der Waals surface area (Å²) in [6.07, 6.45) is 0.513. The maximum absolute atomic E-state index is 12.6. The van der Waals surface area contributed by atoms with Crippen LogP contribution in [0.1, 0.15) is 33.1 Å². The van der Waals surface area contributed by atoms with E-state index in [0.29, 0.717) is 6.42 Å². The van der Waals surface area contributed by atoms with Crippen LogP contribution in [-0.4, -0.2) is 65.1 Å². The van der Waals surface area contributed by atoms with E-state index in [0.717, 1.165) is 0 Å². The van der Waals surface area contributed by atoms with Gasteiger partial charge in [-0.25, -0.2) is 0 Å². The maximum atomic E-state index is 12.6. The summed E-state index contributed by atoms with van der Waals surface area (Å²) in [5.41, 5.74) is 10.7. The molecule has 0 heterocycles. The number of carbonyl (C=O) groups excluding carboxylic acids is 4. The highest BCUT2D eigenvalue weighted by molar-refractivity contribution is 7.80. The van der Waals surface area contributed by atoms with Gasteiger partial charge in [0.05, 0.1) is 6.04 Å². The Morgan fingerprint density at radius 3 is 2.14 bits per heavy atom. The number of primary amides is 1. The van der Waals surface area contributed by atoms with Gasteiger partial charge in [0.1, 0.15) is 18.6 Å². The van der Waals surface area contributed by atoms with E-state index in [4.69, 9.17) is 16.6 Å². The van der Waals surface area contributed by atoms with Crippen LogP contribution < -0.4 is 27.4 Å². The lowest BCUT2D eigenvalue weighted by molar-refractivity contribution is -0.138. The SMILES string of the molecule is CCC(C)C(NC(=O)C(N)CCC(N)=O)C(=O)NC(CS)C(=O)NCC(=O)O. The van der Waals surface area contributed by atoms with Gasteiger partial charge in [-0.05, 0) is 12.3 Å². The molecule has 0 fully saturated rings. The lowest BCUT2D eigenvalue weighted by atomic mass is 9.97. The molecular weight excluding hydrogens is 390 g/mol. The third kappa shape index (κ3) is 9.55. The van der Waals surface area contributed by atoms with Crippen molar-refractivity contribution >= 4 is 42.2 Å². The number of nitrogens with one attached hydrogen (secondary N) is 3. The number of nitrogens with two attached hydrogens (primary N) is 2. The molecule has 12 heteroatoms. The fraction of sp³-hybridized carbons (Fsp3) is 0.688. The first-order valence-electron chi connectivity index (χ1n) is 8.78. The Balaban J connectivity index is 5.05. The number of rotatable bonds is 13. The predicted octanol–water partition coefficient (Wildman–Crippen LogP) is -2.27. The monoisotopic (exact) mass is 419 g/mol. The van der Waals surface area contributed by atoms with Crippen LogP contribution in [0, 0.1) is 5.92 Å². The largest absolute Gasteiger partial charge is 0.480 e. The number of carbonyl (C=O) groups is 5. The van der Waals surface area contributed by atoms with E-state index in [-0.39, 0.29) is 24.5 Å². The fourth-order valence-corrected chi connectivity index (χ4v) is 2.39. The standard InChI is InChI=1S/C16H29N5O6S/c1-3-8(2)13(21-14(25)9(17)4-5-11(18)22)16(27)20-10(7-28)15(26)19-6-12(23)24/h8-10,13,28H,3-7,17H2,1-2H3,(H2,18,22)(H,19,26)(H,20,27)(H,21,25)(H,23,24). The van der Waals surface area contributed by atoms with Gasteiger partial charge in [-0.1, -0.05) is 20.3 Å². The number of amides is 4. The quantitative estimate of drug-likeness (QED) is 0.163. The summed E-state index contributed by atoms with van der Waals surface area (Å²) in [5.74, 6) is -4.14. The van der Waals surface area contributed by atoms with Gasteiger partial charge in [0.25, 0.3) is 0 Å². The van der Waals surface area contributed by atoms with Crippen LogP contribution in [0.3, 0.4) is 0 Å². The Morgan fingerprint density at radius 2 is 1.68 bits per heavy atom. The molecule has 0 rings (SSSR count). The Kier molecular flexibility index (Phi) is 11.9. The molecular formula is C16H29N5O6S. The number of aliphatic carboxylic acids is 1. The van der Waals surface area contributed by atoms with Crippen molar-refractivity contribution in [2.45, 2.75) is 51.2 Å². The van der Waals surface area contributed by atoms with Gasteiger partial charge in [0.2, 0.25) is 23.6 Å². The van der Waals surface area contributed by atoms with Crippen molar-refractivity contribution in [2.75, 3.05) is 12.3 Å². The molecule has 0 aromatic rings. The molecule has 0 aliphatic rings. The zero-order chi connectivity index (χ0) is 21.9. The summed E-state index contributed by atoms with van der Waals surface area (Å²) in [7, 11) is 0. The van der Waals surface area contributed by atoms with Crippen LogP contribution in [0.2, 0.25) is 0 Å². The van der Waals surface area contributed by atoms with Gasteiger partial charge in [0.15, 0.2) is 0 Å². The third-order valence-electron chi connectivity index (χ3n) is 4.06. The molecule has 0 aromatic heterocycles. The molecule has 8 N–H and O–H groups in total. The van der Waals surface area contributed by atoms with Crippen molar-refractivity contribution in [3.63, 3.8) is 0 Å². The number of hydrogen-bond acceptors (Lipinski definition) is 7. The molecule has 0 bridgehead atoms. The van der Waals surface area contributed by atoms with E-state index in [1.165, 1.54) is 0 Å². The van der Waals surface area contributed by atoms with Gasteiger partial charge >= 0.3 is 5.97 Å². The highest BCUT2D eigenvalue weighted by Crippen LogP contribution is 2.09. The molecule has 4 unspecified atom stereocenters. The summed E-state index contributed by atoms with van der Waals surface area (Å²) in [6.45, 7) is 2.96. The number of carboxylic acid groups (broad SMARTS) is 1. The van der Waals surface area contributed by atoms with E-state index in [1.807, 2.05) is 6.92 Å². The lowest BCUT2D eigenvalue weighted by Crippen LogP contribution is -2.58. The van der Waals surface area contributed by atoms with Crippen LogP contribution >= 0.6 is 12.6 Å². The van der Waals surface area contributed by atoms with Gasteiger partial charge in [-0.2, -0.15) is 12.6 Å². The van der Waals surface area contributed by atoms with Gasteiger partial charge < -0.3 is 32.5 Å². The topological polar surface area (TPSA) is 194 Å². The summed E-state index contributed by atoms with van der Waals surface area (Å²) >= 11 is 3.99. The minimum atomic E-state index is -1.23. The summed E-state index contributed by atoms with van der Waals surface area (Å²) < 4.78 is 0. The van der Waals surface area contributed by atoms with E-state index in [9.17, 15) is 24.0 Å².